The summed E-state index contributed by atoms with van der Waals surface area (Å²) in [6, 6.07) is 12.4. The molecule has 164 valence electrons. The predicted octanol–water partition coefficient (Wildman–Crippen LogP) is 1.99. The van der Waals surface area contributed by atoms with Gasteiger partial charge in [0.1, 0.15) is 5.75 Å². The molecule has 0 aliphatic carbocycles. The third kappa shape index (κ3) is 6.58. The fraction of sp³-hybridized carbons (Fsp3) is 0.522. The van der Waals surface area contributed by atoms with E-state index in [1.54, 1.807) is 7.11 Å². The molecule has 1 unspecified atom stereocenters. The molecule has 0 bridgehead atoms. The summed E-state index contributed by atoms with van der Waals surface area (Å²) in [7, 11) is 1.68. The van der Waals surface area contributed by atoms with E-state index in [1.807, 2.05) is 26.0 Å². The number of nitrogens with zero attached hydrogens (tertiary/aromatic N) is 2. The lowest BCUT2D eigenvalue weighted by molar-refractivity contribution is -0.0201. The molecule has 1 aliphatic rings. The van der Waals surface area contributed by atoms with Crippen LogP contribution in [-0.2, 0) is 11.3 Å². The molecular formula is C23H34N4O3. The van der Waals surface area contributed by atoms with Crippen LogP contribution >= 0.6 is 0 Å². The Morgan fingerprint density at radius 3 is 2.63 bits per heavy atom. The molecule has 30 heavy (non-hydrogen) atoms. The van der Waals surface area contributed by atoms with E-state index in [2.05, 4.69) is 39.8 Å². The second-order valence-corrected chi connectivity index (χ2v) is 7.98. The summed E-state index contributed by atoms with van der Waals surface area (Å²) in [5.74, 6) is 1.56. The number of β-amino-alcohol motifs (C(OH)–C–C–N with tert-alkyl or cyclic N) is 1. The van der Waals surface area contributed by atoms with Crippen LogP contribution in [0.3, 0.4) is 0 Å². The van der Waals surface area contributed by atoms with E-state index < -0.39 is 5.60 Å². The van der Waals surface area contributed by atoms with E-state index in [1.165, 1.54) is 0 Å². The van der Waals surface area contributed by atoms with Gasteiger partial charge in [0, 0.05) is 32.7 Å². The average Bonchev–Trinajstić information content (AvgIpc) is 2.75. The van der Waals surface area contributed by atoms with Crippen LogP contribution in [0.5, 0.6) is 5.75 Å². The third-order valence-electron chi connectivity index (χ3n) is 5.18. The number of rotatable bonds is 8. The van der Waals surface area contributed by atoms with E-state index in [0.717, 1.165) is 54.9 Å². The first-order valence-electron chi connectivity index (χ1n) is 10.6. The summed E-state index contributed by atoms with van der Waals surface area (Å²) in [6.45, 7) is 9.42. The van der Waals surface area contributed by atoms with Crippen molar-refractivity contribution in [3.05, 3.63) is 42.0 Å². The zero-order valence-electron chi connectivity index (χ0n) is 18.3. The number of morpholine rings is 1. The number of hydrogen-bond acceptors (Lipinski definition) is 5. The second kappa shape index (κ2) is 10.6. The molecule has 0 saturated carbocycles. The van der Waals surface area contributed by atoms with Crippen LogP contribution < -0.4 is 15.4 Å². The maximum atomic E-state index is 10.8. The van der Waals surface area contributed by atoms with Gasteiger partial charge in [0.25, 0.3) is 0 Å². The number of hydrogen-bond donors (Lipinski definition) is 3. The van der Waals surface area contributed by atoms with E-state index >= 15 is 0 Å². The highest BCUT2D eigenvalue weighted by molar-refractivity contribution is 5.84. The first kappa shape index (κ1) is 22.3. The maximum Gasteiger partial charge on any atom is 0.191 e. The van der Waals surface area contributed by atoms with Gasteiger partial charge in [-0.1, -0.05) is 18.2 Å². The van der Waals surface area contributed by atoms with Crippen molar-refractivity contribution in [1.29, 1.82) is 0 Å². The van der Waals surface area contributed by atoms with Crippen molar-refractivity contribution in [1.82, 2.24) is 15.5 Å². The highest BCUT2D eigenvalue weighted by Crippen LogP contribution is 2.22. The maximum absolute atomic E-state index is 10.8. The van der Waals surface area contributed by atoms with Crippen LogP contribution in [0.4, 0.5) is 0 Å². The first-order chi connectivity index (χ1) is 14.5. The van der Waals surface area contributed by atoms with Crippen molar-refractivity contribution >= 4 is 16.7 Å². The van der Waals surface area contributed by atoms with E-state index in [4.69, 9.17) is 14.5 Å². The highest BCUT2D eigenvalue weighted by atomic mass is 16.5. The number of aliphatic imine (C=N–C) groups is 1. The fourth-order valence-corrected chi connectivity index (χ4v) is 3.58. The van der Waals surface area contributed by atoms with Gasteiger partial charge in [-0.3, -0.25) is 4.90 Å². The SMILES string of the molecule is CCNC(=NCc1ccc2cc(OC)ccc2c1)NCC(C)(O)CN1CCOCC1. The zero-order valence-corrected chi connectivity index (χ0v) is 18.3. The van der Waals surface area contributed by atoms with Crippen molar-refractivity contribution in [3.8, 4) is 5.75 Å². The minimum absolute atomic E-state index is 0.424. The lowest BCUT2D eigenvalue weighted by Crippen LogP contribution is -2.52. The standard InChI is InChI=1S/C23H34N4O3/c1-4-24-22(26-16-23(2,28)17-27-9-11-30-12-10-27)25-15-18-5-6-20-14-21(29-3)8-7-19(20)13-18/h5-8,13-14,28H,4,9-12,15-17H2,1-3H3,(H2,24,25,26). The van der Waals surface area contributed by atoms with Gasteiger partial charge in [0.15, 0.2) is 5.96 Å². The van der Waals surface area contributed by atoms with Crippen LogP contribution in [-0.4, -0.2) is 74.6 Å². The summed E-state index contributed by atoms with van der Waals surface area (Å²) >= 11 is 0. The van der Waals surface area contributed by atoms with Crippen molar-refractivity contribution in [2.45, 2.75) is 26.0 Å². The molecule has 0 spiro atoms. The molecule has 2 aromatic rings. The van der Waals surface area contributed by atoms with Crippen molar-refractivity contribution < 1.29 is 14.6 Å². The fourth-order valence-electron chi connectivity index (χ4n) is 3.58. The van der Waals surface area contributed by atoms with Crippen LogP contribution in [0, 0.1) is 0 Å². The van der Waals surface area contributed by atoms with Gasteiger partial charge in [0.05, 0.1) is 32.5 Å². The molecule has 1 fully saturated rings. The van der Waals surface area contributed by atoms with Gasteiger partial charge in [0.2, 0.25) is 0 Å². The number of nitrogens with one attached hydrogen (secondary N) is 2. The Morgan fingerprint density at radius 1 is 1.17 bits per heavy atom. The monoisotopic (exact) mass is 414 g/mol. The molecule has 1 heterocycles. The Hall–Kier alpha value is -2.35. The molecule has 7 heteroatoms. The van der Waals surface area contributed by atoms with Crippen molar-refractivity contribution in [3.63, 3.8) is 0 Å². The normalized spacial score (nSPS) is 17.5. The lowest BCUT2D eigenvalue weighted by Gasteiger charge is -2.34. The van der Waals surface area contributed by atoms with Crippen LogP contribution in [0.2, 0.25) is 0 Å². The smallest absolute Gasteiger partial charge is 0.191 e. The molecular weight excluding hydrogens is 380 g/mol. The Balaban J connectivity index is 1.60. The number of ether oxygens (including phenoxy) is 2. The van der Waals surface area contributed by atoms with Gasteiger partial charge in [-0.2, -0.15) is 0 Å². The van der Waals surface area contributed by atoms with Crippen LogP contribution in [0.15, 0.2) is 41.4 Å². The van der Waals surface area contributed by atoms with Gasteiger partial charge in [-0.25, -0.2) is 4.99 Å². The number of aliphatic hydroxyl groups is 1. The van der Waals surface area contributed by atoms with E-state index in [0.29, 0.717) is 25.6 Å². The third-order valence-corrected chi connectivity index (χ3v) is 5.18. The van der Waals surface area contributed by atoms with E-state index in [-0.39, 0.29) is 0 Å². The summed E-state index contributed by atoms with van der Waals surface area (Å²) in [5.41, 5.74) is 0.278. The largest absolute Gasteiger partial charge is 0.497 e. The molecule has 0 radical (unpaired) electrons. The predicted molar refractivity (Wildman–Crippen MR) is 121 cm³/mol. The van der Waals surface area contributed by atoms with Crippen LogP contribution in [0.1, 0.15) is 19.4 Å². The number of methoxy groups -OCH3 is 1. The molecule has 1 saturated heterocycles. The Kier molecular flexibility index (Phi) is 7.90. The number of benzene rings is 2. The topological polar surface area (TPSA) is 78.4 Å². The van der Waals surface area contributed by atoms with Gasteiger partial charge < -0.3 is 25.2 Å². The summed E-state index contributed by atoms with van der Waals surface area (Å²) in [6.07, 6.45) is 0. The summed E-state index contributed by atoms with van der Waals surface area (Å²) in [5, 5.41) is 19.6. The minimum atomic E-state index is -0.852. The molecule has 1 aliphatic heterocycles. The highest BCUT2D eigenvalue weighted by Gasteiger charge is 2.25. The molecule has 3 N–H and O–H groups in total. The molecule has 0 amide bonds. The Morgan fingerprint density at radius 2 is 1.90 bits per heavy atom. The minimum Gasteiger partial charge on any atom is -0.497 e. The molecule has 2 aromatic carbocycles. The van der Waals surface area contributed by atoms with Gasteiger partial charge in [-0.15, -0.1) is 0 Å². The number of fused-ring (bicyclic) bond motifs is 1. The molecule has 0 aromatic heterocycles. The molecule has 3 rings (SSSR count). The molecule has 7 nitrogen and oxygen atoms in total. The summed E-state index contributed by atoms with van der Waals surface area (Å²) < 4.78 is 10.7. The Bertz CT molecular complexity index is 847. The summed E-state index contributed by atoms with van der Waals surface area (Å²) in [4.78, 5) is 6.93. The van der Waals surface area contributed by atoms with Gasteiger partial charge >= 0.3 is 0 Å². The van der Waals surface area contributed by atoms with Crippen LogP contribution in [0.25, 0.3) is 10.8 Å². The quantitative estimate of drug-likeness (QED) is 0.453. The van der Waals surface area contributed by atoms with Gasteiger partial charge in [-0.05, 0) is 48.4 Å². The average molecular weight is 415 g/mol. The van der Waals surface area contributed by atoms with Crippen molar-refractivity contribution in [2.75, 3.05) is 53.0 Å². The number of guanidine groups is 1. The lowest BCUT2D eigenvalue weighted by atomic mass is 10.1. The molecule has 1 atom stereocenters. The zero-order chi connectivity index (χ0) is 21.4. The Labute approximate surface area is 179 Å². The van der Waals surface area contributed by atoms with Crippen molar-refractivity contribution in [2.24, 2.45) is 4.99 Å². The van der Waals surface area contributed by atoms with E-state index in [9.17, 15) is 5.11 Å². The first-order valence-corrected chi connectivity index (χ1v) is 10.6. The second-order valence-electron chi connectivity index (χ2n) is 7.98.